The Morgan fingerprint density at radius 2 is 2.35 bits per heavy atom. The van der Waals surface area contributed by atoms with Gasteiger partial charge in [0.25, 0.3) is 0 Å². The highest BCUT2D eigenvalue weighted by molar-refractivity contribution is 5.30. The van der Waals surface area contributed by atoms with Crippen molar-refractivity contribution in [2.75, 3.05) is 11.9 Å². The summed E-state index contributed by atoms with van der Waals surface area (Å²) in [5.74, 6) is 0.864. The number of aromatic nitrogens is 4. The summed E-state index contributed by atoms with van der Waals surface area (Å²) in [5, 5.41) is 7.38. The Balaban J connectivity index is 2.20. The zero-order chi connectivity index (χ0) is 12.3. The summed E-state index contributed by atoms with van der Waals surface area (Å²) in [6, 6.07) is 2.01. The normalized spacial score (nSPS) is 10.5. The Morgan fingerprint density at radius 3 is 3.00 bits per heavy atom. The largest absolute Gasteiger partial charge is 0.352 e. The van der Waals surface area contributed by atoms with Crippen LogP contribution < -0.4 is 5.32 Å². The quantitative estimate of drug-likeness (QED) is 0.795. The molecule has 2 aromatic heterocycles. The Hall–Kier alpha value is -2.04. The number of nitrogens with zero attached hydrogens (tertiary/aromatic N) is 4. The molecular weight excluding hydrogens is 214 g/mol. The van der Waals surface area contributed by atoms with Gasteiger partial charge in [0.05, 0.1) is 17.9 Å². The average molecular weight is 231 g/mol. The maximum absolute atomic E-state index is 4.43. The van der Waals surface area contributed by atoms with Crippen LogP contribution in [0, 0.1) is 6.92 Å². The van der Waals surface area contributed by atoms with E-state index in [1.54, 1.807) is 6.20 Å². The van der Waals surface area contributed by atoms with Crippen LogP contribution in [0.1, 0.15) is 11.4 Å². The van der Waals surface area contributed by atoms with Crippen molar-refractivity contribution in [2.45, 2.75) is 13.5 Å². The third-order valence-corrected chi connectivity index (χ3v) is 2.56. The van der Waals surface area contributed by atoms with Crippen molar-refractivity contribution >= 4 is 5.95 Å². The molecule has 90 valence electrons. The third kappa shape index (κ3) is 2.55. The lowest BCUT2D eigenvalue weighted by Crippen LogP contribution is -2.10. The third-order valence-electron chi connectivity index (χ3n) is 2.56. The molecule has 2 heterocycles. The van der Waals surface area contributed by atoms with Crippen LogP contribution in [0.5, 0.6) is 0 Å². The fourth-order valence-electron chi connectivity index (χ4n) is 1.70. The van der Waals surface area contributed by atoms with E-state index in [9.17, 15) is 0 Å². The summed E-state index contributed by atoms with van der Waals surface area (Å²) in [6.45, 7) is 7.14. The Bertz CT molecular complexity index is 509. The van der Waals surface area contributed by atoms with Gasteiger partial charge in [-0.05, 0) is 13.0 Å². The second-order valence-corrected chi connectivity index (χ2v) is 3.95. The fraction of sp³-hybridized carbons (Fsp3) is 0.333. The van der Waals surface area contributed by atoms with Gasteiger partial charge >= 0.3 is 0 Å². The summed E-state index contributed by atoms with van der Waals surface area (Å²) in [4.78, 5) is 4.43. The first-order valence-corrected chi connectivity index (χ1v) is 5.56. The van der Waals surface area contributed by atoms with Crippen molar-refractivity contribution in [3.8, 4) is 0 Å². The van der Waals surface area contributed by atoms with E-state index < -0.39 is 0 Å². The topological polar surface area (TPSA) is 47.7 Å². The Morgan fingerprint density at radius 1 is 1.53 bits per heavy atom. The fourth-order valence-corrected chi connectivity index (χ4v) is 1.70. The molecule has 0 radical (unpaired) electrons. The Kier molecular flexibility index (Phi) is 3.27. The number of nitrogens with one attached hydrogen (secondary N) is 1. The van der Waals surface area contributed by atoms with Gasteiger partial charge in [-0.3, -0.25) is 4.68 Å². The molecule has 0 unspecified atom stereocenters. The van der Waals surface area contributed by atoms with Crippen LogP contribution in [-0.2, 0) is 13.6 Å². The highest BCUT2D eigenvalue weighted by Crippen LogP contribution is 2.11. The van der Waals surface area contributed by atoms with Crippen molar-refractivity contribution < 1.29 is 0 Å². The second kappa shape index (κ2) is 4.86. The van der Waals surface area contributed by atoms with Gasteiger partial charge in [-0.2, -0.15) is 5.10 Å². The molecule has 0 saturated carbocycles. The lowest BCUT2D eigenvalue weighted by atomic mass is 10.4. The van der Waals surface area contributed by atoms with Crippen molar-refractivity contribution in [3.63, 3.8) is 0 Å². The van der Waals surface area contributed by atoms with Crippen LogP contribution in [0.4, 0.5) is 5.95 Å². The highest BCUT2D eigenvalue weighted by atomic mass is 15.3. The summed E-state index contributed by atoms with van der Waals surface area (Å²) >= 11 is 0. The lowest BCUT2D eigenvalue weighted by molar-refractivity contribution is 0.669. The Labute approximate surface area is 101 Å². The first-order valence-electron chi connectivity index (χ1n) is 5.56. The van der Waals surface area contributed by atoms with Gasteiger partial charge in [-0.15, -0.1) is 6.58 Å². The minimum Gasteiger partial charge on any atom is -0.352 e. The zero-order valence-corrected chi connectivity index (χ0v) is 10.2. The minimum absolute atomic E-state index is 0.710. The smallest absolute Gasteiger partial charge is 0.203 e. The van der Waals surface area contributed by atoms with Crippen LogP contribution in [0.3, 0.4) is 0 Å². The van der Waals surface area contributed by atoms with E-state index in [4.69, 9.17) is 0 Å². The van der Waals surface area contributed by atoms with Gasteiger partial charge in [0.15, 0.2) is 0 Å². The maximum Gasteiger partial charge on any atom is 0.203 e. The molecule has 0 fully saturated rings. The number of rotatable bonds is 5. The maximum atomic E-state index is 4.43. The molecule has 0 aromatic carbocycles. The average Bonchev–Trinajstić information content (AvgIpc) is 2.84. The van der Waals surface area contributed by atoms with Crippen molar-refractivity contribution in [3.05, 3.63) is 42.5 Å². The molecule has 0 atom stereocenters. The molecule has 0 aliphatic heterocycles. The van der Waals surface area contributed by atoms with Crippen LogP contribution >= 0.6 is 0 Å². The molecule has 0 aliphatic carbocycles. The molecule has 5 nitrogen and oxygen atoms in total. The molecule has 0 amide bonds. The molecule has 2 aromatic rings. The van der Waals surface area contributed by atoms with Crippen LogP contribution in [-0.4, -0.2) is 25.9 Å². The highest BCUT2D eigenvalue weighted by Gasteiger charge is 2.07. The van der Waals surface area contributed by atoms with Crippen molar-refractivity contribution in [1.29, 1.82) is 0 Å². The predicted molar refractivity (Wildman–Crippen MR) is 68.0 cm³/mol. The summed E-state index contributed by atoms with van der Waals surface area (Å²) in [6.07, 6.45) is 5.65. The summed E-state index contributed by atoms with van der Waals surface area (Å²) in [7, 11) is 1.94. The van der Waals surface area contributed by atoms with Crippen molar-refractivity contribution in [2.24, 2.45) is 7.05 Å². The van der Waals surface area contributed by atoms with Gasteiger partial charge in [0, 0.05) is 26.0 Å². The molecule has 1 N–H and O–H groups in total. The molecule has 0 bridgehead atoms. The number of aryl methyl sites for hydroxylation is 2. The van der Waals surface area contributed by atoms with Gasteiger partial charge in [0.2, 0.25) is 5.95 Å². The van der Waals surface area contributed by atoms with Crippen LogP contribution in [0.25, 0.3) is 0 Å². The lowest BCUT2D eigenvalue weighted by Gasteiger charge is -2.08. The summed E-state index contributed by atoms with van der Waals surface area (Å²) < 4.78 is 3.95. The van der Waals surface area contributed by atoms with E-state index >= 15 is 0 Å². The standard InChI is InChI=1S/C12H17N5/c1-4-6-13-12-15-10(2)8-17(12)9-11-5-7-14-16(11)3/h4-5,7-8H,1,6,9H2,2-3H3,(H,13,15). The monoisotopic (exact) mass is 231 g/mol. The minimum atomic E-state index is 0.710. The van der Waals surface area contributed by atoms with Crippen molar-refractivity contribution in [1.82, 2.24) is 19.3 Å². The molecule has 0 saturated heterocycles. The SMILES string of the molecule is C=CCNc1nc(C)cn1Cc1ccnn1C. The molecule has 5 heteroatoms. The number of hydrogen-bond donors (Lipinski definition) is 1. The van der Waals surface area contributed by atoms with Crippen LogP contribution in [0.15, 0.2) is 31.1 Å². The number of anilines is 1. The van der Waals surface area contributed by atoms with E-state index in [1.165, 1.54) is 0 Å². The number of hydrogen-bond acceptors (Lipinski definition) is 3. The van der Waals surface area contributed by atoms with Gasteiger partial charge in [-0.25, -0.2) is 4.98 Å². The van der Waals surface area contributed by atoms with E-state index in [2.05, 4.69) is 26.5 Å². The number of imidazole rings is 1. The first-order chi connectivity index (χ1) is 8.20. The molecule has 2 rings (SSSR count). The van der Waals surface area contributed by atoms with Gasteiger partial charge < -0.3 is 9.88 Å². The second-order valence-electron chi connectivity index (χ2n) is 3.95. The van der Waals surface area contributed by atoms with E-state index in [-0.39, 0.29) is 0 Å². The predicted octanol–water partition coefficient (Wildman–Crippen LogP) is 1.57. The molecule has 17 heavy (non-hydrogen) atoms. The first kappa shape index (κ1) is 11.4. The van der Waals surface area contributed by atoms with Gasteiger partial charge in [-0.1, -0.05) is 6.08 Å². The van der Waals surface area contributed by atoms with Gasteiger partial charge in [0.1, 0.15) is 0 Å². The zero-order valence-electron chi connectivity index (χ0n) is 10.2. The van der Waals surface area contributed by atoms with E-state index in [0.29, 0.717) is 6.54 Å². The molecule has 0 spiro atoms. The molecule has 0 aliphatic rings. The summed E-state index contributed by atoms with van der Waals surface area (Å²) in [5.41, 5.74) is 2.14. The molecular formula is C12H17N5. The van der Waals surface area contributed by atoms with Crippen LogP contribution in [0.2, 0.25) is 0 Å². The van der Waals surface area contributed by atoms with E-state index in [0.717, 1.165) is 23.9 Å². The van der Waals surface area contributed by atoms with E-state index in [1.807, 2.05) is 37.0 Å².